The number of benzene rings is 11. The summed E-state index contributed by atoms with van der Waals surface area (Å²) in [4.78, 5) is 2.45. The molecule has 330 valence electrons. The summed E-state index contributed by atoms with van der Waals surface area (Å²) in [6.07, 6.45) is 0. The van der Waals surface area contributed by atoms with Gasteiger partial charge in [0.2, 0.25) is 0 Å². The van der Waals surface area contributed by atoms with Crippen LogP contribution in [0.1, 0.15) is 25.0 Å². The topological polar surface area (TPSA) is 3.24 Å². The minimum absolute atomic E-state index is 0.133. The predicted octanol–water partition coefficient (Wildman–Crippen LogP) is 20.0. The summed E-state index contributed by atoms with van der Waals surface area (Å²) in [7, 11) is 0. The van der Waals surface area contributed by atoms with Crippen molar-refractivity contribution in [2.75, 3.05) is 4.90 Å². The van der Waals surface area contributed by atoms with E-state index in [0.717, 1.165) is 17.1 Å². The molecule has 0 radical (unpaired) electrons. The maximum atomic E-state index is 2.45. The zero-order valence-corrected chi connectivity index (χ0v) is 40.4. The van der Waals surface area contributed by atoms with E-state index in [1.54, 1.807) is 0 Å². The minimum atomic E-state index is -0.133. The van der Waals surface area contributed by atoms with Crippen LogP contribution in [0.25, 0.3) is 107 Å². The summed E-state index contributed by atoms with van der Waals surface area (Å²) in [5.74, 6) is 0. The Morgan fingerprint density at radius 1 is 0.314 bits per heavy atom. The molecule has 1 aliphatic carbocycles. The SMILES string of the molecule is CC1(C)c2ccccc2-c2ccc(N(c3ccc(-c4c(-c5ccc(-c6ccccc6)cc5)c5c6ccccc6sc5c5ccccc45)cc3)c3ccc(-c4cccc5c4sc4ccccc45)cc3)cc21. The van der Waals surface area contributed by atoms with Gasteiger partial charge in [-0.25, -0.2) is 0 Å². The van der Waals surface area contributed by atoms with Crippen LogP contribution >= 0.6 is 22.7 Å². The van der Waals surface area contributed by atoms with Gasteiger partial charge in [-0.05, 0) is 121 Å². The average molecular weight is 928 g/mol. The molecule has 2 heterocycles. The highest BCUT2D eigenvalue weighted by Gasteiger charge is 2.36. The second kappa shape index (κ2) is 16.0. The van der Waals surface area contributed by atoms with Crippen LogP contribution in [0.3, 0.4) is 0 Å². The molecule has 0 atom stereocenters. The smallest absolute Gasteiger partial charge is 0.0465 e. The predicted molar refractivity (Wildman–Crippen MR) is 304 cm³/mol. The van der Waals surface area contributed by atoms with Crippen LogP contribution in [0.4, 0.5) is 17.1 Å². The van der Waals surface area contributed by atoms with E-state index in [1.165, 1.54) is 118 Å². The third kappa shape index (κ3) is 6.36. The van der Waals surface area contributed by atoms with Crippen molar-refractivity contribution >= 4 is 90.9 Å². The third-order valence-corrected chi connectivity index (χ3v) is 17.3. The first-order valence-electron chi connectivity index (χ1n) is 24.2. The van der Waals surface area contributed by atoms with Crippen molar-refractivity contribution in [1.82, 2.24) is 0 Å². The number of hydrogen-bond donors (Lipinski definition) is 0. The summed E-state index contributed by atoms with van der Waals surface area (Å²) < 4.78 is 5.29. The Bertz CT molecular complexity index is 4180. The Labute approximate surface area is 415 Å². The Balaban J connectivity index is 0.943. The second-order valence-corrected chi connectivity index (χ2v) is 21.3. The van der Waals surface area contributed by atoms with Crippen molar-refractivity contribution in [1.29, 1.82) is 0 Å². The molecule has 0 bridgehead atoms. The number of rotatable bonds is 7. The van der Waals surface area contributed by atoms with E-state index in [-0.39, 0.29) is 5.41 Å². The molecular weight excluding hydrogens is 883 g/mol. The van der Waals surface area contributed by atoms with Gasteiger partial charge < -0.3 is 4.90 Å². The maximum Gasteiger partial charge on any atom is 0.0465 e. The van der Waals surface area contributed by atoms with Crippen molar-refractivity contribution in [2.45, 2.75) is 19.3 Å². The van der Waals surface area contributed by atoms with Crippen LogP contribution in [0.2, 0.25) is 0 Å². The van der Waals surface area contributed by atoms with Crippen molar-refractivity contribution in [3.8, 4) is 55.6 Å². The Hall–Kier alpha value is -8.08. The number of fused-ring (bicyclic) bond motifs is 11. The largest absolute Gasteiger partial charge is 0.310 e. The first kappa shape index (κ1) is 40.9. The molecule has 0 unspecified atom stereocenters. The minimum Gasteiger partial charge on any atom is -0.310 e. The molecule has 1 nitrogen and oxygen atoms in total. The lowest BCUT2D eigenvalue weighted by Gasteiger charge is -2.28. The molecular formula is C67H45NS2. The van der Waals surface area contributed by atoms with Crippen LogP contribution < -0.4 is 4.90 Å². The number of hydrogen-bond acceptors (Lipinski definition) is 3. The fourth-order valence-electron chi connectivity index (χ4n) is 11.5. The van der Waals surface area contributed by atoms with Gasteiger partial charge >= 0.3 is 0 Å². The van der Waals surface area contributed by atoms with E-state index in [0.29, 0.717) is 0 Å². The monoisotopic (exact) mass is 927 g/mol. The molecule has 2 aromatic heterocycles. The number of thiophene rings is 2. The van der Waals surface area contributed by atoms with Crippen molar-refractivity contribution in [3.63, 3.8) is 0 Å². The van der Waals surface area contributed by atoms with E-state index >= 15 is 0 Å². The van der Waals surface area contributed by atoms with Crippen molar-refractivity contribution in [2.24, 2.45) is 0 Å². The van der Waals surface area contributed by atoms with Gasteiger partial charge in [-0.2, -0.15) is 0 Å². The van der Waals surface area contributed by atoms with Crippen molar-refractivity contribution < 1.29 is 0 Å². The van der Waals surface area contributed by atoms with E-state index in [1.807, 2.05) is 22.7 Å². The molecule has 0 spiro atoms. The Kier molecular flexibility index (Phi) is 9.36. The highest BCUT2D eigenvalue weighted by Crippen LogP contribution is 2.53. The molecule has 0 N–H and O–H groups in total. The molecule has 0 saturated heterocycles. The van der Waals surface area contributed by atoms with Gasteiger partial charge in [-0.1, -0.05) is 202 Å². The normalized spacial score (nSPS) is 12.8. The zero-order valence-electron chi connectivity index (χ0n) is 38.8. The first-order chi connectivity index (χ1) is 34.5. The molecule has 0 aliphatic heterocycles. The lowest BCUT2D eigenvalue weighted by atomic mass is 9.82. The van der Waals surface area contributed by atoms with Gasteiger partial charge in [0.15, 0.2) is 0 Å². The molecule has 0 amide bonds. The fourth-order valence-corrected chi connectivity index (χ4v) is 14.0. The molecule has 11 aromatic carbocycles. The molecule has 3 heteroatoms. The summed E-state index contributed by atoms with van der Waals surface area (Å²) >= 11 is 3.79. The van der Waals surface area contributed by atoms with Gasteiger partial charge in [0.25, 0.3) is 0 Å². The second-order valence-electron chi connectivity index (χ2n) is 19.2. The standard InChI is InChI=1S/C67H45NS2/c1-67(2)58-24-11-8-17-51(58)52-40-39-49(41-59(52)67)68(47-35-31-44(32-36-47)50-22-14-23-55-53-18-9-12-25-60(53)69-65(50)55)48-37-33-45(34-38-48)62-54-19-6-7-20-56(54)66-64(57-21-10-13-26-61(57)70-66)63(62)46-29-27-43(28-30-46)42-15-4-3-5-16-42/h3-41H,1-2H3. The lowest BCUT2D eigenvalue weighted by Crippen LogP contribution is -2.16. The van der Waals surface area contributed by atoms with Gasteiger partial charge in [0.1, 0.15) is 0 Å². The van der Waals surface area contributed by atoms with Crippen LogP contribution in [-0.4, -0.2) is 0 Å². The van der Waals surface area contributed by atoms with E-state index in [4.69, 9.17) is 0 Å². The molecule has 13 aromatic rings. The Morgan fingerprint density at radius 2 is 0.800 bits per heavy atom. The third-order valence-electron chi connectivity index (χ3n) is 14.9. The van der Waals surface area contributed by atoms with E-state index in [2.05, 4.69) is 255 Å². The molecule has 0 fully saturated rings. The molecule has 1 aliphatic rings. The summed E-state index contributed by atoms with van der Waals surface area (Å²) in [6, 6.07) is 88.0. The molecule has 0 saturated carbocycles. The fraction of sp³-hybridized carbons (Fsp3) is 0.0448. The average Bonchev–Trinajstić information content (AvgIpc) is 4.07. The van der Waals surface area contributed by atoms with Crippen LogP contribution in [0.5, 0.6) is 0 Å². The van der Waals surface area contributed by atoms with Crippen LogP contribution in [0, 0.1) is 0 Å². The maximum absolute atomic E-state index is 2.45. The highest BCUT2D eigenvalue weighted by atomic mass is 32.1. The summed E-state index contributed by atoms with van der Waals surface area (Å²) in [5, 5.41) is 7.81. The van der Waals surface area contributed by atoms with Crippen LogP contribution in [-0.2, 0) is 5.41 Å². The van der Waals surface area contributed by atoms with E-state index < -0.39 is 0 Å². The van der Waals surface area contributed by atoms with Gasteiger partial charge in [0, 0.05) is 68.2 Å². The molecule has 14 rings (SSSR count). The lowest BCUT2D eigenvalue weighted by molar-refractivity contribution is 0.660. The van der Waals surface area contributed by atoms with Gasteiger partial charge in [0.05, 0.1) is 0 Å². The number of anilines is 3. The van der Waals surface area contributed by atoms with Crippen molar-refractivity contribution in [3.05, 3.63) is 248 Å². The van der Waals surface area contributed by atoms with Crippen LogP contribution in [0.15, 0.2) is 237 Å². The summed E-state index contributed by atoms with van der Waals surface area (Å²) in [5.41, 5.74) is 18.5. The zero-order chi connectivity index (χ0) is 46.5. The Morgan fingerprint density at radius 3 is 1.56 bits per heavy atom. The number of nitrogens with zero attached hydrogens (tertiary/aromatic N) is 1. The quantitative estimate of drug-likeness (QED) is 0.154. The summed E-state index contributed by atoms with van der Waals surface area (Å²) in [6.45, 7) is 4.74. The van der Waals surface area contributed by atoms with E-state index in [9.17, 15) is 0 Å². The molecule has 70 heavy (non-hydrogen) atoms. The van der Waals surface area contributed by atoms with Gasteiger partial charge in [-0.15, -0.1) is 22.7 Å². The highest BCUT2D eigenvalue weighted by molar-refractivity contribution is 7.27. The van der Waals surface area contributed by atoms with Gasteiger partial charge in [-0.3, -0.25) is 0 Å². The first-order valence-corrected chi connectivity index (χ1v) is 25.8.